The van der Waals surface area contributed by atoms with E-state index in [1.54, 1.807) is 41.6 Å². The topological polar surface area (TPSA) is 115 Å². The molecule has 156 valence electrons. The van der Waals surface area contributed by atoms with Gasteiger partial charge in [0, 0.05) is 36.1 Å². The van der Waals surface area contributed by atoms with Crippen LogP contribution in [0.5, 0.6) is 0 Å². The molecule has 4 aromatic rings. The van der Waals surface area contributed by atoms with Crippen LogP contribution in [0.4, 0.5) is 10.3 Å². The number of aromatic nitrogens is 5. The summed E-state index contributed by atoms with van der Waals surface area (Å²) in [6.45, 7) is 1.84. The van der Waals surface area contributed by atoms with Crippen LogP contribution >= 0.6 is 0 Å². The van der Waals surface area contributed by atoms with Crippen LogP contribution in [-0.4, -0.2) is 43.0 Å². The van der Waals surface area contributed by atoms with Crippen molar-refractivity contribution in [2.75, 3.05) is 11.9 Å². The minimum Gasteiger partial charge on any atom is -0.348 e. The van der Waals surface area contributed by atoms with E-state index < -0.39 is 0 Å². The lowest BCUT2D eigenvalue weighted by molar-refractivity contribution is -0.115. The van der Waals surface area contributed by atoms with E-state index in [2.05, 4.69) is 30.7 Å². The SMILES string of the molecule is CC(=O)CNc1ncc(CNC(=O)c2cncc3c2cnn3-c2ccc(F)cc2)cn1. The molecule has 31 heavy (non-hydrogen) atoms. The third-order valence-electron chi connectivity index (χ3n) is 4.47. The molecule has 4 rings (SSSR count). The van der Waals surface area contributed by atoms with Crippen molar-refractivity contribution in [1.82, 2.24) is 30.0 Å². The summed E-state index contributed by atoms with van der Waals surface area (Å²) in [4.78, 5) is 36.1. The van der Waals surface area contributed by atoms with Gasteiger partial charge >= 0.3 is 0 Å². The van der Waals surface area contributed by atoms with Crippen LogP contribution in [0, 0.1) is 5.82 Å². The molecule has 9 nitrogen and oxygen atoms in total. The Morgan fingerprint density at radius 1 is 1.03 bits per heavy atom. The number of fused-ring (bicyclic) bond motifs is 1. The van der Waals surface area contributed by atoms with E-state index in [-0.39, 0.29) is 30.6 Å². The molecule has 0 aliphatic carbocycles. The Morgan fingerprint density at radius 3 is 2.48 bits per heavy atom. The molecule has 3 heterocycles. The van der Waals surface area contributed by atoms with Crippen LogP contribution in [0.2, 0.25) is 0 Å². The lowest BCUT2D eigenvalue weighted by Crippen LogP contribution is -2.23. The zero-order valence-corrected chi connectivity index (χ0v) is 16.5. The number of carbonyl (C=O) groups excluding carboxylic acids is 2. The third kappa shape index (κ3) is 4.53. The number of amides is 1. The molecular weight excluding hydrogens is 401 g/mol. The number of nitrogens with zero attached hydrogens (tertiary/aromatic N) is 5. The molecule has 1 amide bonds. The standard InChI is InChI=1S/C21H18FN7O2/c1-13(30)6-25-21-26-8-14(9-27-21)7-24-20(31)18-10-23-12-19-17(18)11-28-29(19)16-4-2-15(22)3-5-16/h2-5,8-12H,6-7H2,1H3,(H,24,31)(H,25,26,27). The zero-order chi connectivity index (χ0) is 21.8. The molecule has 0 fully saturated rings. The van der Waals surface area contributed by atoms with E-state index in [0.717, 1.165) is 0 Å². The second kappa shape index (κ2) is 8.66. The van der Waals surface area contributed by atoms with Crippen LogP contribution < -0.4 is 10.6 Å². The van der Waals surface area contributed by atoms with E-state index in [1.165, 1.54) is 25.3 Å². The van der Waals surface area contributed by atoms with Crippen molar-refractivity contribution in [2.24, 2.45) is 0 Å². The van der Waals surface area contributed by atoms with Gasteiger partial charge in [0.15, 0.2) is 0 Å². The summed E-state index contributed by atoms with van der Waals surface area (Å²) in [6, 6.07) is 5.89. The van der Waals surface area contributed by atoms with Crippen LogP contribution in [0.1, 0.15) is 22.8 Å². The van der Waals surface area contributed by atoms with Gasteiger partial charge in [-0.15, -0.1) is 0 Å². The normalized spacial score (nSPS) is 10.8. The second-order valence-electron chi connectivity index (χ2n) is 6.81. The number of hydrogen-bond donors (Lipinski definition) is 2. The Hall–Kier alpha value is -4.21. The predicted molar refractivity (Wildman–Crippen MR) is 111 cm³/mol. The first-order chi connectivity index (χ1) is 15.0. The lowest BCUT2D eigenvalue weighted by atomic mass is 10.1. The minimum atomic E-state index is -0.343. The van der Waals surface area contributed by atoms with Crippen molar-refractivity contribution in [2.45, 2.75) is 13.5 Å². The first-order valence-electron chi connectivity index (χ1n) is 9.41. The predicted octanol–water partition coefficient (Wildman–Crippen LogP) is 2.28. The summed E-state index contributed by atoms with van der Waals surface area (Å²) in [6.07, 6.45) is 7.79. The van der Waals surface area contributed by atoms with Gasteiger partial charge < -0.3 is 10.6 Å². The quantitative estimate of drug-likeness (QED) is 0.472. The van der Waals surface area contributed by atoms with Gasteiger partial charge in [-0.1, -0.05) is 0 Å². The minimum absolute atomic E-state index is 0.0227. The average molecular weight is 419 g/mol. The Bertz CT molecular complexity index is 1240. The van der Waals surface area contributed by atoms with Crippen molar-refractivity contribution in [3.05, 3.63) is 72.2 Å². The van der Waals surface area contributed by atoms with Crippen LogP contribution in [0.15, 0.2) is 55.2 Å². The largest absolute Gasteiger partial charge is 0.348 e. The highest BCUT2D eigenvalue weighted by Crippen LogP contribution is 2.21. The van der Waals surface area contributed by atoms with E-state index in [0.29, 0.717) is 33.7 Å². The summed E-state index contributed by atoms with van der Waals surface area (Å²) >= 11 is 0. The Labute approximate surface area is 176 Å². The molecule has 0 aliphatic heterocycles. The van der Waals surface area contributed by atoms with Crippen LogP contribution in [0.3, 0.4) is 0 Å². The van der Waals surface area contributed by atoms with Gasteiger partial charge in [0.25, 0.3) is 5.91 Å². The summed E-state index contributed by atoms with van der Waals surface area (Å²) < 4.78 is 14.8. The van der Waals surface area contributed by atoms with Gasteiger partial charge in [0.2, 0.25) is 5.95 Å². The molecule has 1 aromatic carbocycles. The number of pyridine rings is 1. The molecule has 10 heteroatoms. The van der Waals surface area contributed by atoms with Crippen molar-refractivity contribution >= 4 is 28.5 Å². The Balaban J connectivity index is 1.48. The number of nitrogens with one attached hydrogen (secondary N) is 2. The fourth-order valence-electron chi connectivity index (χ4n) is 2.93. The van der Waals surface area contributed by atoms with Crippen molar-refractivity contribution in [1.29, 1.82) is 0 Å². The van der Waals surface area contributed by atoms with Gasteiger partial charge in [0.1, 0.15) is 11.6 Å². The number of ketones is 1. The monoisotopic (exact) mass is 419 g/mol. The maximum Gasteiger partial charge on any atom is 0.253 e. The maximum atomic E-state index is 13.2. The van der Waals surface area contributed by atoms with Gasteiger partial charge in [-0.25, -0.2) is 19.0 Å². The molecule has 0 saturated heterocycles. The van der Waals surface area contributed by atoms with Gasteiger partial charge in [-0.2, -0.15) is 5.10 Å². The lowest BCUT2D eigenvalue weighted by Gasteiger charge is -2.07. The molecule has 2 N–H and O–H groups in total. The van der Waals surface area contributed by atoms with Crippen molar-refractivity contribution in [3.8, 4) is 5.69 Å². The number of halogens is 1. The van der Waals surface area contributed by atoms with Crippen molar-refractivity contribution in [3.63, 3.8) is 0 Å². The fourth-order valence-corrected chi connectivity index (χ4v) is 2.93. The fraction of sp³-hybridized carbons (Fsp3) is 0.143. The second-order valence-corrected chi connectivity index (χ2v) is 6.81. The first kappa shape index (κ1) is 20.1. The number of benzene rings is 1. The summed E-state index contributed by atoms with van der Waals surface area (Å²) in [5, 5.41) is 10.6. The van der Waals surface area contributed by atoms with E-state index in [9.17, 15) is 14.0 Å². The molecule has 0 aliphatic rings. The van der Waals surface area contributed by atoms with Crippen LogP contribution in [0.25, 0.3) is 16.6 Å². The summed E-state index contributed by atoms with van der Waals surface area (Å²) in [5.74, 6) is -0.349. The Morgan fingerprint density at radius 2 is 1.77 bits per heavy atom. The third-order valence-corrected chi connectivity index (χ3v) is 4.47. The molecule has 0 unspecified atom stereocenters. The van der Waals surface area contributed by atoms with Crippen LogP contribution in [-0.2, 0) is 11.3 Å². The molecule has 3 aromatic heterocycles. The van der Waals surface area contributed by atoms with E-state index in [1.807, 2.05) is 0 Å². The van der Waals surface area contributed by atoms with Gasteiger partial charge in [-0.3, -0.25) is 14.6 Å². The number of rotatable bonds is 7. The first-order valence-corrected chi connectivity index (χ1v) is 9.41. The van der Waals surface area contributed by atoms with Gasteiger partial charge in [0.05, 0.1) is 35.7 Å². The average Bonchev–Trinajstić information content (AvgIpc) is 3.21. The van der Waals surface area contributed by atoms with Crippen molar-refractivity contribution < 1.29 is 14.0 Å². The highest BCUT2D eigenvalue weighted by molar-refractivity contribution is 6.05. The number of anilines is 1. The molecule has 0 atom stereocenters. The number of carbonyl (C=O) groups is 2. The zero-order valence-electron chi connectivity index (χ0n) is 16.5. The molecular formula is C21H18FN7O2. The smallest absolute Gasteiger partial charge is 0.253 e. The molecule has 0 bridgehead atoms. The molecule has 0 radical (unpaired) electrons. The summed E-state index contributed by atoms with van der Waals surface area (Å²) in [7, 11) is 0. The highest BCUT2D eigenvalue weighted by Gasteiger charge is 2.15. The van der Waals surface area contributed by atoms with Gasteiger partial charge in [-0.05, 0) is 31.2 Å². The molecule has 0 saturated carbocycles. The van der Waals surface area contributed by atoms with E-state index >= 15 is 0 Å². The molecule has 0 spiro atoms. The maximum absolute atomic E-state index is 13.2. The summed E-state index contributed by atoms with van der Waals surface area (Å²) in [5.41, 5.74) is 2.35. The number of hydrogen-bond acceptors (Lipinski definition) is 7. The number of Topliss-reactive ketones (excluding diaryl/α,β-unsaturated/α-hetero) is 1. The van der Waals surface area contributed by atoms with E-state index in [4.69, 9.17) is 0 Å². The Kier molecular flexibility index (Phi) is 5.61. The highest BCUT2D eigenvalue weighted by atomic mass is 19.1.